The van der Waals surface area contributed by atoms with Gasteiger partial charge in [-0.1, -0.05) is 6.42 Å². The second-order valence-electron chi connectivity index (χ2n) is 5.48. The third-order valence-corrected chi connectivity index (χ3v) is 4.04. The molecule has 0 aliphatic heterocycles. The van der Waals surface area contributed by atoms with Crippen molar-refractivity contribution in [3.63, 3.8) is 0 Å². The third kappa shape index (κ3) is 1.81. The molecule has 1 N–H and O–H groups in total. The lowest BCUT2D eigenvalue weighted by molar-refractivity contribution is -1.05. The van der Waals surface area contributed by atoms with E-state index in [0.29, 0.717) is 5.92 Å². The number of fused-ring (bicyclic) bond motifs is 2. The van der Waals surface area contributed by atoms with Crippen LogP contribution >= 0.6 is 0 Å². The Morgan fingerprint density at radius 1 is 1.29 bits per heavy atom. The molecule has 4 unspecified atom stereocenters. The van der Waals surface area contributed by atoms with E-state index in [9.17, 15) is 5.21 Å². The molecule has 0 spiro atoms. The third-order valence-electron chi connectivity index (χ3n) is 4.04. The maximum atomic E-state index is 11.0. The van der Waals surface area contributed by atoms with Crippen LogP contribution in [0.2, 0.25) is 0 Å². The van der Waals surface area contributed by atoms with E-state index in [4.69, 9.17) is 4.84 Å². The topological polar surface area (TPSA) is 36.7 Å². The Kier molecular flexibility index (Phi) is 2.58. The normalized spacial score (nSPS) is 39.0. The lowest BCUT2D eigenvalue weighted by Crippen LogP contribution is -3.04. The summed E-state index contributed by atoms with van der Waals surface area (Å²) in [7, 11) is 1.51. The van der Waals surface area contributed by atoms with Crippen molar-refractivity contribution < 1.29 is 10.1 Å². The van der Waals surface area contributed by atoms with E-state index in [1.807, 2.05) is 0 Å². The lowest BCUT2D eigenvalue weighted by Gasteiger charge is -2.37. The lowest BCUT2D eigenvalue weighted by atomic mass is 9.78. The first kappa shape index (κ1) is 10.4. The number of rotatable bonds is 3. The molecule has 2 bridgehead atoms. The van der Waals surface area contributed by atoms with Gasteiger partial charge in [-0.3, -0.25) is 0 Å². The molecule has 3 heteroatoms. The molecule has 0 radical (unpaired) electrons. The van der Waals surface area contributed by atoms with Crippen molar-refractivity contribution in [3.8, 4) is 0 Å². The van der Waals surface area contributed by atoms with Gasteiger partial charge in [0, 0.05) is 0 Å². The maximum Gasteiger partial charge on any atom is 0.125 e. The molecule has 3 nitrogen and oxygen atoms in total. The molecule has 82 valence electrons. The summed E-state index contributed by atoms with van der Waals surface area (Å²) in [5.74, 6) is 2.33. The monoisotopic (exact) mass is 199 g/mol. The summed E-state index contributed by atoms with van der Waals surface area (Å²) in [6.07, 6.45) is 5.39. The van der Waals surface area contributed by atoms with Gasteiger partial charge in [-0.25, -0.2) is 5.23 Å². The molecule has 0 aromatic carbocycles. The zero-order valence-electron chi connectivity index (χ0n) is 9.38. The Hall–Kier alpha value is -0.120. The summed E-state index contributed by atoms with van der Waals surface area (Å²) in [5.41, 5.74) is -0.244. The van der Waals surface area contributed by atoms with Gasteiger partial charge in [0.15, 0.2) is 0 Å². The van der Waals surface area contributed by atoms with E-state index < -0.39 is 0 Å². The average Bonchev–Trinajstić information content (AvgIpc) is 2.60. The maximum absolute atomic E-state index is 11.0. The summed E-state index contributed by atoms with van der Waals surface area (Å²) in [6.45, 7) is 4.14. The quantitative estimate of drug-likeness (QED) is 0.692. The molecule has 0 amide bonds. The standard InChI is InChI=1S/C11H21NO2/c1-11(2,14-12(3)13)10-7-8-4-5-9(10)6-8/h8-10,12H,4-7H2,1-3H3. The largest absolute Gasteiger partial charge is 0.600 e. The molecule has 2 aliphatic carbocycles. The van der Waals surface area contributed by atoms with Gasteiger partial charge in [0.05, 0.1) is 7.05 Å². The minimum Gasteiger partial charge on any atom is -0.600 e. The van der Waals surface area contributed by atoms with Crippen molar-refractivity contribution in [3.05, 3.63) is 5.21 Å². The van der Waals surface area contributed by atoms with Crippen molar-refractivity contribution >= 4 is 0 Å². The van der Waals surface area contributed by atoms with E-state index in [1.54, 1.807) is 0 Å². The van der Waals surface area contributed by atoms with E-state index in [1.165, 1.54) is 32.7 Å². The summed E-state index contributed by atoms with van der Waals surface area (Å²) in [5, 5.41) is 10.9. The molecule has 2 aliphatic rings. The van der Waals surface area contributed by atoms with E-state index >= 15 is 0 Å². The predicted molar refractivity (Wildman–Crippen MR) is 54.4 cm³/mol. The van der Waals surface area contributed by atoms with Crippen LogP contribution in [0, 0.1) is 23.0 Å². The first-order valence-electron chi connectivity index (χ1n) is 5.68. The van der Waals surface area contributed by atoms with Crippen LogP contribution in [0.3, 0.4) is 0 Å². The fraction of sp³-hybridized carbons (Fsp3) is 1.00. The molecule has 2 fully saturated rings. The van der Waals surface area contributed by atoms with Gasteiger partial charge in [-0.2, -0.15) is 4.84 Å². The fourth-order valence-corrected chi connectivity index (χ4v) is 3.54. The van der Waals surface area contributed by atoms with Crippen molar-refractivity contribution in [2.24, 2.45) is 17.8 Å². The van der Waals surface area contributed by atoms with E-state index in [2.05, 4.69) is 13.8 Å². The summed E-state index contributed by atoms with van der Waals surface area (Å²) in [4.78, 5) is 5.44. The Balaban J connectivity index is 2.00. The van der Waals surface area contributed by atoms with Crippen molar-refractivity contribution in [1.82, 2.24) is 0 Å². The van der Waals surface area contributed by atoms with Crippen molar-refractivity contribution in [2.45, 2.75) is 45.1 Å². The zero-order valence-corrected chi connectivity index (χ0v) is 9.38. The van der Waals surface area contributed by atoms with Gasteiger partial charge in [0.1, 0.15) is 5.60 Å². The van der Waals surface area contributed by atoms with Crippen molar-refractivity contribution in [1.29, 1.82) is 0 Å². The molecule has 0 aromatic rings. The Morgan fingerprint density at radius 3 is 2.43 bits per heavy atom. The second-order valence-corrected chi connectivity index (χ2v) is 5.48. The molecule has 2 rings (SSSR count). The number of nitrogens with one attached hydrogen (secondary N) is 1. The number of hydroxylamine groups is 2. The SMILES string of the molecule is C[NH+]([O-])OC(C)(C)C1CC2CCC1C2. The molecular formula is C11H21NO2. The Labute approximate surface area is 86.0 Å². The molecular weight excluding hydrogens is 178 g/mol. The minimum atomic E-state index is -0.244. The van der Waals surface area contributed by atoms with Crippen LogP contribution in [0.25, 0.3) is 0 Å². The summed E-state index contributed by atoms with van der Waals surface area (Å²) < 4.78 is 0. The van der Waals surface area contributed by atoms with Gasteiger partial charge in [-0.05, 0) is 50.9 Å². The molecule has 2 saturated carbocycles. The number of hydrogen-bond acceptors (Lipinski definition) is 2. The smallest absolute Gasteiger partial charge is 0.125 e. The van der Waals surface area contributed by atoms with Crippen LogP contribution in [-0.2, 0) is 4.84 Å². The van der Waals surface area contributed by atoms with E-state index in [0.717, 1.165) is 11.8 Å². The fourth-order valence-electron chi connectivity index (χ4n) is 3.54. The van der Waals surface area contributed by atoms with Crippen LogP contribution in [0.15, 0.2) is 0 Å². The molecule has 4 atom stereocenters. The highest BCUT2D eigenvalue weighted by Gasteiger charge is 2.48. The summed E-state index contributed by atoms with van der Waals surface area (Å²) >= 11 is 0. The van der Waals surface area contributed by atoms with Crippen LogP contribution < -0.4 is 5.23 Å². The van der Waals surface area contributed by atoms with Gasteiger partial charge >= 0.3 is 0 Å². The first-order chi connectivity index (χ1) is 6.49. The highest BCUT2D eigenvalue weighted by molar-refractivity contribution is 4.96. The first-order valence-corrected chi connectivity index (χ1v) is 5.68. The molecule has 0 aromatic heterocycles. The number of hydrogen-bond donors (Lipinski definition) is 1. The van der Waals surface area contributed by atoms with Crippen LogP contribution in [0.5, 0.6) is 0 Å². The Bertz CT molecular complexity index is 215. The predicted octanol–water partition coefficient (Wildman–Crippen LogP) is 1.15. The van der Waals surface area contributed by atoms with Crippen LogP contribution in [-0.4, -0.2) is 12.6 Å². The number of quaternary nitrogens is 1. The van der Waals surface area contributed by atoms with E-state index in [-0.39, 0.29) is 10.8 Å². The van der Waals surface area contributed by atoms with Crippen LogP contribution in [0.1, 0.15) is 39.5 Å². The van der Waals surface area contributed by atoms with Gasteiger partial charge < -0.3 is 5.21 Å². The zero-order chi connectivity index (χ0) is 10.3. The highest BCUT2D eigenvalue weighted by Crippen LogP contribution is 2.52. The average molecular weight is 199 g/mol. The molecule has 14 heavy (non-hydrogen) atoms. The highest BCUT2D eigenvalue weighted by atomic mass is 16.9. The van der Waals surface area contributed by atoms with Gasteiger partial charge in [-0.15, -0.1) is 0 Å². The van der Waals surface area contributed by atoms with Crippen molar-refractivity contribution in [2.75, 3.05) is 7.05 Å². The van der Waals surface area contributed by atoms with Gasteiger partial charge in [0.2, 0.25) is 0 Å². The minimum absolute atomic E-state index is 0.141. The second kappa shape index (κ2) is 3.47. The summed E-state index contributed by atoms with van der Waals surface area (Å²) in [6, 6.07) is 0. The molecule has 0 heterocycles. The molecule has 0 saturated heterocycles. The van der Waals surface area contributed by atoms with Crippen LogP contribution in [0.4, 0.5) is 0 Å². The Morgan fingerprint density at radius 2 is 2.00 bits per heavy atom. The van der Waals surface area contributed by atoms with Gasteiger partial charge in [0.25, 0.3) is 0 Å².